The molecule has 0 atom stereocenters. The molecule has 118 valence electrons. The highest BCUT2D eigenvalue weighted by molar-refractivity contribution is 5.30. The first-order chi connectivity index (χ1) is 10.6. The molecule has 1 fully saturated rings. The first-order valence-electron chi connectivity index (χ1n) is 7.71. The largest absolute Gasteiger partial charge is 0.416 e. The first-order valence-corrected chi connectivity index (χ1v) is 7.71. The average Bonchev–Trinajstić information content (AvgIpc) is 2.96. The molecule has 0 spiro atoms. The van der Waals surface area contributed by atoms with Gasteiger partial charge in [-0.3, -0.25) is 0 Å². The van der Waals surface area contributed by atoms with E-state index in [0.29, 0.717) is 11.5 Å². The van der Waals surface area contributed by atoms with E-state index in [1.807, 2.05) is 10.8 Å². The monoisotopic (exact) mass is 308 g/mol. The van der Waals surface area contributed by atoms with Gasteiger partial charge in [-0.15, -0.1) is 0 Å². The van der Waals surface area contributed by atoms with Gasteiger partial charge in [0.15, 0.2) is 0 Å². The van der Waals surface area contributed by atoms with Crippen molar-refractivity contribution in [2.45, 2.75) is 50.7 Å². The fourth-order valence-electron chi connectivity index (χ4n) is 3.32. The van der Waals surface area contributed by atoms with Gasteiger partial charge in [0.1, 0.15) is 0 Å². The summed E-state index contributed by atoms with van der Waals surface area (Å²) in [5, 5.41) is 0. The lowest BCUT2D eigenvalue weighted by molar-refractivity contribution is -0.138. The van der Waals surface area contributed by atoms with Crippen molar-refractivity contribution in [3.05, 3.63) is 53.6 Å². The Morgan fingerprint density at radius 2 is 1.82 bits per heavy atom. The lowest BCUT2D eigenvalue weighted by atomic mass is 9.87. The zero-order valence-corrected chi connectivity index (χ0v) is 12.3. The Morgan fingerprint density at radius 3 is 2.55 bits per heavy atom. The molecule has 0 unspecified atom stereocenters. The zero-order valence-electron chi connectivity index (χ0n) is 12.3. The Morgan fingerprint density at radius 1 is 1.09 bits per heavy atom. The van der Waals surface area contributed by atoms with Crippen LogP contribution in [0.4, 0.5) is 13.2 Å². The van der Waals surface area contributed by atoms with E-state index < -0.39 is 11.7 Å². The lowest BCUT2D eigenvalue weighted by Gasteiger charge is -2.23. The van der Waals surface area contributed by atoms with Crippen molar-refractivity contribution in [1.82, 2.24) is 9.55 Å². The van der Waals surface area contributed by atoms with Gasteiger partial charge in [-0.05, 0) is 24.5 Å². The summed E-state index contributed by atoms with van der Waals surface area (Å²) in [7, 11) is 0. The Hall–Kier alpha value is -1.78. The standard InChI is InChI=1S/C17H19F3N2/c18-17(19,20)15-9-5-4-8-14(15)11-22-12-21-10-16(22)13-6-2-1-3-7-13/h4-5,8-10,12-13H,1-3,6-7,11H2. The van der Waals surface area contributed by atoms with Crippen molar-refractivity contribution < 1.29 is 13.2 Å². The minimum Gasteiger partial charge on any atom is -0.330 e. The summed E-state index contributed by atoms with van der Waals surface area (Å²) in [6.07, 6.45) is 4.98. The smallest absolute Gasteiger partial charge is 0.330 e. The van der Waals surface area contributed by atoms with Crippen LogP contribution in [-0.2, 0) is 12.7 Å². The number of rotatable bonds is 3. The van der Waals surface area contributed by atoms with Crippen LogP contribution in [0.2, 0.25) is 0 Å². The topological polar surface area (TPSA) is 17.8 Å². The molecule has 1 aromatic carbocycles. The van der Waals surface area contributed by atoms with Crippen molar-refractivity contribution in [3.8, 4) is 0 Å². The molecule has 2 aromatic rings. The van der Waals surface area contributed by atoms with E-state index >= 15 is 0 Å². The molecular formula is C17H19F3N2. The maximum absolute atomic E-state index is 13.1. The van der Waals surface area contributed by atoms with Crippen molar-refractivity contribution >= 4 is 0 Å². The summed E-state index contributed by atoms with van der Waals surface area (Å²) >= 11 is 0. The van der Waals surface area contributed by atoms with E-state index in [4.69, 9.17) is 0 Å². The summed E-state index contributed by atoms with van der Waals surface area (Å²) in [6, 6.07) is 5.78. The molecule has 22 heavy (non-hydrogen) atoms. The van der Waals surface area contributed by atoms with E-state index in [1.165, 1.54) is 25.3 Å². The predicted octanol–water partition coefficient (Wildman–Crippen LogP) is 5.00. The highest BCUT2D eigenvalue weighted by atomic mass is 19.4. The Labute approximate surface area is 128 Å². The minimum atomic E-state index is -4.32. The van der Waals surface area contributed by atoms with Gasteiger partial charge < -0.3 is 4.57 Å². The molecule has 2 nitrogen and oxygen atoms in total. The quantitative estimate of drug-likeness (QED) is 0.780. The maximum Gasteiger partial charge on any atom is 0.416 e. The fourth-order valence-corrected chi connectivity index (χ4v) is 3.32. The Balaban J connectivity index is 1.87. The minimum absolute atomic E-state index is 0.224. The molecule has 0 amide bonds. The predicted molar refractivity (Wildman–Crippen MR) is 78.6 cm³/mol. The number of imidazole rings is 1. The molecule has 1 aliphatic rings. The second kappa shape index (κ2) is 6.15. The molecule has 0 aliphatic heterocycles. The summed E-state index contributed by atoms with van der Waals surface area (Å²) in [4.78, 5) is 4.17. The first kappa shape index (κ1) is 15.1. The molecule has 0 N–H and O–H groups in total. The number of aromatic nitrogens is 2. The number of hydrogen-bond acceptors (Lipinski definition) is 1. The molecule has 0 saturated heterocycles. The van der Waals surface area contributed by atoms with E-state index in [0.717, 1.165) is 24.6 Å². The summed E-state index contributed by atoms with van der Waals surface area (Å²) in [5.41, 5.74) is 0.806. The fraction of sp³-hybridized carbons (Fsp3) is 0.471. The van der Waals surface area contributed by atoms with Crippen LogP contribution in [0, 0.1) is 0 Å². The van der Waals surface area contributed by atoms with Gasteiger partial charge in [0.2, 0.25) is 0 Å². The second-order valence-corrected chi connectivity index (χ2v) is 5.94. The average molecular weight is 308 g/mol. The van der Waals surface area contributed by atoms with E-state index in [-0.39, 0.29) is 6.54 Å². The number of alkyl halides is 3. The van der Waals surface area contributed by atoms with Crippen LogP contribution >= 0.6 is 0 Å². The van der Waals surface area contributed by atoms with Gasteiger partial charge in [-0.2, -0.15) is 13.2 Å². The van der Waals surface area contributed by atoms with Gasteiger partial charge in [0.25, 0.3) is 0 Å². The number of halogens is 3. The van der Waals surface area contributed by atoms with Gasteiger partial charge >= 0.3 is 6.18 Å². The van der Waals surface area contributed by atoms with E-state index in [1.54, 1.807) is 18.5 Å². The van der Waals surface area contributed by atoms with E-state index in [2.05, 4.69) is 4.98 Å². The molecule has 3 rings (SSSR count). The third-order valence-electron chi connectivity index (χ3n) is 4.43. The van der Waals surface area contributed by atoms with Crippen molar-refractivity contribution in [1.29, 1.82) is 0 Å². The third-order valence-corrected chi connectivity index (χ3v) is 4.43. The van der Waals surface area contributed by atoms with Gasteiger partial charge in [0.05, 0.1) is 11.9 Å². The van der Waals surface area contributed by atoms with E-state index in [9.17, 15) is 13.2 Å². The normalized spacial score (nSPS) is 16.9. The maximum atomic E-state index is 13.1. The van der Waals surface area contributed by atoms with Crippen LogP contribution in [0.1, 0.15) is 54.8 Å². The van der Waals surface area contributed by atoms with Crippen LogP contribution < -0.4 is 0 Å². The number of benzene rings is 1. The molecule has 5 heteroatoms. The van der Waals surface area contributed by atoms with Gasteiger partial charge in [0, 0.05) is 24.4 Å². The molecule has 0 radical (unpaired) electrons. The Kier molecular flexibility index (Phi) is 4.23. The van der Waals surface area contributed by atoms with Crippen molar-refractivity contribution in [2.75, 3.05) is 0 Å². The van der Waals surface area contributed by atoms with Gasteiger partial charge in [-0.25, -0.2) is 4.98 Å². The summed E-state index contributed by atoms with van der Waals surface area (Å²) in [5.74, 6) is 0.425. The molecule has 1 aliphatic carbocycles. The van der Waals surface area contributed by atoms with Crippen LogP contribution in [0.3, 0.4) is 0 Å². The van der Waals surface area contributed by atoms with Crippen LogP contribution in [0.25, 0.3) is 0 Å². The lowest BCUT2D eigenvalue weighted by Crippen LogP contribution is -2.14. The van der Waals surface area contributed by atoms with Gasteiger partial charge in [-0.1, -0.05) is 37.5 Å². The number of nitrogens with zero attached hydrogens (tertiary/aromatic N) is 2. The summed E-state index contributed by atoms with van der Waals surface area (Å²) < 4.78 is 41.2. The molecule has 1 saturated carbocycles. The Bertz CT molecular complexity index is 625. The molecular weight excluding hydrogens is 289 g/mol. The number of hydrogen-bond donors (Lipinski definition) is 0. The third kappa shape index (κ3) is 3.18. The van der Waals surface area contributed by atoms with Crippen LogP contribution in [0.5, 0.6) is 0 Å². The van der Waals surface area contributed by atoms with Crippen molar-refractivity contribution in [2.24, 2.45) is 0 Å². The molecule has 1 heterocycles. The van der Waals surface area contributed by atoms with Crippen LogP contribution in [-0.4, -0.2) is 9.55 Å². The second-order valence-electron chi connectivity index (χ2n) is 5.94. The van der Waals surface area contributed by atoms with Crippen LogP contribution in [0.15, 0.2) is 36.8 Å². The SMILES string of the molecule is FC(F)(F)c1ccccc1Cn1cncc1C1CCCCC1. The highest BCUT2D eigenvalue weighted by Crippen LogP contribution is 2.35. The zero-order chi connectivity index (χ0) is 15.6. The van der Waals surface area contributed by atoms with Crippen molar-refractivity contribution in [3.63, 3.8) is 0 Å². The molecule has 1 aromatic heterocycles. The highest BCUT2D eigenvalue weighted by Gasteiger charge is 2.33. The summed E-state index contributed by atoms with van der Waals surface area (Å²) in [6.45, 7) is 0.224. The molecule has 0 bridgehead atoms.